The molecule has 0 bridgehead atoms. The Hall–Kier alpha value is -0.160. The number of hydrogen-bond donors (Lipinski definition) is 2. The van der Waals surface area contributed by atoms with Gasteiger partial charge in [-0.3, -0.25) is 0 Å². The molecule has 0 spiro atoms. The second-order valence-corrected chi connectivity index (χ2v) is 2.85. The minimum atomic E-state index is -1.25. The third-order valence-corrected chi connectivity index (χ3v) is 1.45. The second kappa shape index (κ2) is 9.92. The lowest BCUT2D eigenvalue weighted by atomic mass is 10.4. The summed E-state index contributed by atoms with van der Waals surface area (Å²) in [7, 11) is 0. The SMILES string of the molecule is CCCOCCCOCCC(O)O. The minimum Gasteiger partial charge on any atom is -0.381 e. The molecule has 0 amide bonds. The normalized spacial score (nSPS) is 11.1. The summed E-state index contributed by atoms with van der Waals surface area (Å²) in [5.41, 5.74) is 0. The van der Waals surface area contributed by atoms with Gasteiger partial charge >= 0.3 is 0 Å². The molecule has 0 aliphatic heterocycles. The highest BCUT2D eigenvalue weighted by atomic mass is 16.5. The van der Waals surface area contributed by atoms with Crippen molar-refractivity contribution in [1.29, 1.82) is 0 Å². The van der Waals surface area contributed by atoms with Crippen LogP contribution in [0.15, 0.2) is 0 Å². The fourth-order valence-corrected chi connectivity index (χ4v) is 0.800. The summed E-state index contributed by atoms with van der Waals surface area (Å²) in [6.07, 6.45) is 0.922. The minimum absolute atomic E-state index is 0.274. The first-order valence-corrected chi connectivity index (χ1v) is 4.79. The van der Waals surface area contributed by atoms with Crippen LogP contribution >= 0.6 is 0 Å². The van der Waals surface area contributed by atoms with Crippen LogP contribution < -0.4 is 0 Å². The van der Waals surface area contributed by atoms with E-state index in [-0.39, 0.29) is 6.42 Å². The standard InChI is InChI=1S/C9H20O4/c1-2-5-12-6-3-7-13-8-4-9(10)11/h9-11H,2-8H2,1H3. The van der Waals surface area contributed by atoms with Crippen molar-refractivity contribution in [3.05, 3.63) is 0 Å². The third-order valence-electron chi connectivity index (χ3n) is 1.45. The second-order valence-electron chi connectivity index (χ2n) is 2.85. The van der Waals surface area contributed by atoms with E-state index < -0.39 is 6.29 Å². The van der Waals surface area contributed by atoms with E-state index in [1.165, 1.54) is 0 Å². The molecular weight excluding hydrogens is 172 g/mol. The molecule has 13 heavy (non-hydrogen) atoms. The van der Waals surface area contributed by atoms with E-state index in [1.54, 1.807) is 0 Å². The van der Waals surface area contributed by atoms with Crippen molar-refractivity contribution in [2.24, 2.45) is 0 Å². The molecule has 4 heteroatoms. The summed E-state index contributed by atoms with van der Waals surface area (Å²) in [6, 6.07) is 0. The van der Waals surface area contributed by atoms with Crippen molar-refractivity contribution < 1.29 is 19.7 Å². The Bertz CT molecular complexity index is 95.6. The lowest BCUT2D eigenvalue weighted by Crippen LogP contribution is -2.10. The summed E-state index contributed by atoms with van der Waals surface area (Å²) in [4.78, 5) is 0. The molecule has 0 heterocycles. The van der Waals surface area contributed by atoms with Crippen LogP contribution in [0.2, 0.25) is 0 Å². The maximum atomic E-state index is 8.48. The molecule has 0 aliphatic rings. The van der Waals surface area contributed by atoms with Crippen molar-refractivity contribution in [2.45, 2.75) is 32.5 Å². The van der Waals surface area contributed by atoms with Crippen molar-refractivity contribution in [3.8, 4) is 0 Å². The summed E-state index contributed by atoms with van der Waals surface area (Å²) in [6.45, 7) is 4.60. The van der Waals surface area contributed by atoms with Gasteiger partial charge in [0.05, 0.1) is 6.61 Å². The molecular formula is C9H20O4. The quantitative estimate of drug-likeness (QED) is 0.413. The zero-order valence-corrected chi connectivity index (χ0v) is 8.24. The molecule has 0 aliphatic carbocycles. The van der Waals surface area contributed by atoms with Crippen LogP contribution in [0, 0.1) is 0 Å². The first kappa shape index (κ1) is 12.8. The number of ether oxygens (including phenoxy) is 2. The third kappa shape index (κ3) is 11.8. The summed E-state index contributed by atoms with van der Waals surface area (Å²) in [5, 5.41) is 17.0. The van der Waals surface area contributed by atoms with E-state index >= 15 is 0 Å². The first-order valence-electron chi connectivity index (χ1n) is 4.79. The summed E-state index contributed by atoms with van der Waals surface area (Å²) >= 11 is 0. The Morgan fingerprint density at radius 3 is 2.15 bits per heavy atom. The van der Waals surface area contributed by atoms with Gasteiger partial charge in [0.2, 0.25) is 0 Å². The Morgan fingerprint density at radius 1 is 1.00 bits per heavy atom. The zero-order valence-electron chi connectivity index (χ0n) is 8.24. The molecule has 0 radical (unpaired) electrons. The molecule has 0 fully saturated rings. The fourth-order valence-electron chi connectivity index (χ4n) is 0.800. The molecule has 80 valence electrons. The fraction of sp³-hybridized carbons (Fsp3) is 1.00. The molecule has 0 unspecified atom stereocenters. The number of aliphatic hydroxyl groups excluding tert-OH is 1. The van der Waals surface area contributed by atoms with Gasteiger partial charge in [0.15, 0.2) is 6.29 Å². The highest BCUT2D eigenvalue weighted by molar-refractivity contribution is 4.39. The maximum Gasteiger partial charge on any atom is 0.153 e. The van der Waals surface area contributed by atoms with Gasteiger partial charge in [-0.2, -0.15) is 0 Å². The van der Waals surface area contributed by atoms with Crippen molar-refractivity contribution in [3.63, 3.8) is 0 Å². The summed E-state index contributed by atoms with van der Waals surface area (Å²) < 4.78 is 10.4. The zero-order chi connectivity index (χ0) is 9.94. The lowest BCUT2D eigenvalue weighted by Gasteiger charge is -2.05. The smallest absolute Gasteiger partial charge is 0.153 e. The van der Waals surface area contributed by atoms with Crippen LogP contribution in [0.5, 0.6) is 0 Å². The van der Waals surface area contributed by atoms with E-state index in [1.807, 2.05) is 0 Å². The average molecular weight is 192 g/mol. The van der Waals surface area contributed by atoms with Crippen LogP contribution in [-0.4, -0.2) is 42.9 Å². The van der Waals surface area contributed by atoms with Gasteiger partial charge in [0.25, 0.3) is 0 Å². The summed E-state index contributed by atoms with van der Waals surface area (Å²) in [5.74, 6) is 0. The molecule has 0 aromatic heterocycles. The molecule has 0 saturated heterocycles. The Balaban J connectivity index is 2.84. The molecule has 4 nitrogen and oxygen atoms in total. The monoisotopic (exact) mass is 192 g/mol. The van der Waals surface area contributed by atoms with Crippen LogP contribution in [0.4, 0.5) is 0 Å². The van der Waals surface area contributed by atoms with Crippen LogP contribution in [0.25, 0.3) is 0 Å². The highest BCUT2D eigenvalue weighted by Crippen LogP contribution is 1.90. The van der Waals surface area contributed by atoms with E-state index in [9.17, 15) is 0 Å². The number of aliphatic hydroxyl groups is 2. The van der Waals surface area contributed by atoms with Gasteiger partial charge in [-0.05, 0) is 12.8 Å². The van der Waals surface area contributed by atoms with Crippen LogP contribution in [-0.2, 0) is 9.47 Å². The van der Waals surface area contributed by atoms with Crippen LogP contribution in [0.1, 0.15) is 26.2 Å². The molecule has 0 rings (SSSR count). The molecule has 0 atom stereocenters. The Labute approximate surface area is 79.5 Å². The highest BCUT2D eigenvalue weighted by Gasteiger charge is 1.96. The molecule has 2 N–H and O–H groups in total. The molecule has 0 aromatic carbocycles. The first-order chi connectivity index (χ1) is 6.27. The predicted molar refractivity (Wildman–Crippen MR) is 49.4 cm³/mol. The van der Waals surface area contributed by atoms with Crippen molar-refractivity contribution in [1.82, 2.24) is 0 Å². The van der Waals surface area contributed by atoms with Gasteiger partial charge in [0, 0.05) is 26.2 Å². The van der Waals surface area contributed by atoms with Gasteiger partial charge in [-0.1, -0.05) is 6.92 Å². The average Bonchev–Trinajstić information content (AvgIpc) is 2.09. The van der Waals surface area contributed by atoms with Gasteiger partial charge < -0.3 is 19.7 Å². The Kier molecular flexibility index (Phi) is 9.80. The topological polar surface area (TPSA) is 58.9 Å². The van der Waals surface area contributed by atoms with E-state index in [4.69, 9.17) is 19.7 Å². The van der Waals surface area contributed by atoms with Crippen LogP contribution in [0.3, 0.4) is 0 Å². The molecule has 0 aromatic rings. The van der Waals surface area contributed by atoms with Crippen molar-refractivity contribution >= 4 is 0 Å². The number of rotatable bonds is 9. The predicted octanol–water partition coefficient (Wildman–Crippen LogP) is 0.520. The van der Waals surface area contributed by atoms with Gasteiger partial charge in [-0.25, -0.2) is 0 Å². The van der Waals surface area contributed by atoms with Gasteiger partial charge in [-0.15, -0.1) is 0 Å². The van der Waals surface area contributed by atoms with E-state index in [2.05, 4.69) is 6.92 Å². The van der Waals surface area contributed by atoms with Gasteiger partial charge in [0.1, 0.15) is 0 Å². The van der Waals surface area contributed by atoms with E-state index in [0.717, 1.165) is 26.1 Å². The lowest BCUT2D eigenvalue weighted by molar-refractivity contribution is -0.0618. The van der Waals surface area contributed by atoms with E-state index in [0.29, 0.717) is 13.2 Å². The molecule has 0 saturated carbocycles. The maximum absolute atomic E-state index is 8.48. The Morgan fingerprint density at radius 2 is 1.62 bits per heavy atom. The van der Waals surface area contributed by atoms with Crippen molar-refractivity contribution in [2.75, 3.05) is 26.4 Å². The largest absolute Gasteiger partial charge is 0.381 e. The number of hydrogen-bond acceptors (Lipinski definition) is 4.